The Morgan fingerprint density at radius 1 is 1.27 bits per heavy atom. The SMILES string of the molecule is Ic1nsc(-c2coc3ccccc23)n1. The Morgan fingerprint density at radius 2 is 2.13 bits per heavy atom. The topological polar surface area (TPSA) is 38.9 Å². The highest BCUT2D eigenvalue weighted by atomic mass is 127. The van der Waals surface area contributed by atoms with Gasteiger partial charge in [0.05, 0.1) is 5.56 Å². The van der Waals surface area contributed by atoms with Crippen LogP contribution in [0, 0.1) is 3.83 Å². The third kappa shape index (κ3) is 1.55. The number of hydrogen-bond donors (Lipinski definition) is 0. The summed E-state index contributed by atoms with van der Waals surface area (Å²) in [6.45, 7) is 0. The van der Waals surface area contributed by atoms with Crippen LogP contribution >= 0.6 is 34.1 Å². The summed E-state index contributed by atoms with van der Waals surface area (Å²) in [6.07, 6.45) is 1.74. The maximum absolute atomic E-state index is 5.45. The van der Waals surface area contributed by atoms with E-state index in [0.29, 0.717) is 0 Å². The normalized spacial score (nSPS) is 11.0. The van der Waals surface area contributed by atoms with Crippen molar-refractivity contribution < 1.29 is 4.42 Å². The van der Waals surface area contributed by atoms with Crippen LogP contribution in [0.1, 0.15) is 0 Å². The van der Waals surface area contributed by atoms with Crippen LogP contribution in [0.2, 0.25) is 0 Å². The Hall–Kier alpha value is -0.950. The molecule has 0 saturated heterocycles. The summed E-state index contributed by atoms with van der Waals surface area (Å²) in [7, 11) is 0. The largest absolute Gasteiger partial charge is 0.464 e. The Morgan fingerprint density at radius 3 is 2.93 bits per heavy atom. The predicted octanol–water partition coefficient (Wildman–Crippen LogP) is 3.56. The van der Waals surface area contributed by atoms with E-state index in [1.807, 2.05) is 24.3 Å². The average molecular weight is 328 g/mol. The zero-order valence-electron chi connectivity index (χ0n) is 7.48. The van der Waals surface area contributed by atoms with Crippen LogP contribution in [0.5, 0.6) is 0 Å². The first-order chi connectivity index (χ1) is 7.34. The molecular weight excluding hydrogens is 323 g/mol. The number of benzene rings is 1. The number of hydrogen-bond acceptors (Lipinski definition) is 4. The van der Waals surface area contributed by atoms with Crippen molar-refractivity contribution in [1.29, 1.82) is 0 Å². The van der Waals surface area contributed by atoms with E-state index in [1.54, 1.807) is 6.26 Å². The lowest BCUT2D eigenvalue weighted by atomic mass is 10.2. The summed E-state index contributed by atoms with van der Waals surface area (Å²) < 4.78 is 10.4. The quantitative estimate of drug-likeness (QED) is 0.641. The van der Waals surface area contributed by atoms with Crippen molar-refractivity contribution in [3.05, 3.63) is 34.4 Å². The average Bonchev–Trinajstić information content (AvgIpc) is 2.83. The molecule has 0 spiro atoms. The van der Waals surface area contributed by atoms with Gasteiger partial charge >= 0.3 is 0 Å². The molecular formula is C10H5IN2OS. The van der Waals surface area contributed by atoms with Crippen molar-refractivity contribution in [2.45, 2.75) is 0 Å². The lowest BCUT2D eigenvalue weighted by Crippen LogP contribution is -1.74. The zero-order valence-corrected chi connectivity index (χ0v) is 10.4. The van der Waals surface area contributed by atoms with Crippen molar-refractivity contribution in [3.63, 3.8) is 0 Å². The molecule has 3 aromatic rings. The van der Waals surface area contributed by atoms with Crippen molar-refractivity contribution in [2.24, 2.45) is 0 Å². The fourth-order valence-electron chi connectivity index (χ4n) is 1.46. The van der Waals surface area contributed by atoms with Gasteiger partial charge < -0.3 is 4.42 Å². The molecule has 0 amide bonds. The van der Waals surface area contributed by atoms with Gasteiger partial charge in [0.25, 0.3) is 0 Å². The van der Waals surface area contributed by atoms with E-state index in [4.69, 9.17) is 4.42 Å². The van der Waals surface area contributed by atoms with E-state index < -0.39 is 0 Å². The van der Waals surface area contributed by atoms with Crippen LogP contribution in [-0.4, -0.2) is 9.36 Å². The third-order valence-corrected chi connectivity index (χ3v) is 3.67. The molecule has 2 heterocycles. The van der Waals surface area contributed by atoms with Crippen LogP contribution in [0.25, 0.3) is 21.5 Å². The smallest absolute Gasteiger partial charge is 0.203 e. The molecule has 5 heteroatoms. The molecule has 3 nitrogen and oxygen atoms in total. The summed E-state index contributed by atoms with van der Waals surface area (Å²) in [5.41, 5.74) is 1.91. The number of furan rings is 1. The molecule has 0 atom stereocenters. The standard InChI is InChI=1S/C10H5IN2OS/c11-10-12-9(15-13-10)7-5-14-8-4-2-1-3-6(7)8/h1-5H. The van der Waals surface area contributed by atoms with E-state index in [-0.39, 0.29) is 0 Å². The monoisotopic (exact) mass is 328 g/mol. The Labute approximate surface area is 103 Å². The highest BCUT2D eigenvalue weighted by Gasteiger charge is 2.11. The molecule has 0 fully saturated rings. The first-order valence-electron chi connectivity index (χ1n) is 4.30. The molecule has 0 N–H and O–H groups in total. The van der Waals surface area contributed by atoms with Gasteiger partial charge in [-0.3, -0.25) is 0 Å². The predicted molar refractivity (Wildman–Crippen MR) is 67.8 cm³/mol. The first kappa shape index (κ1) is 9.29. The van der Waals surface area contributed by atoms with E-state index >= 15 is 0 Å². The van der Waals surface area contributed by atoms with Crippen molar-refractivity contribution in [2.75, 3.05) is 0 Å². The van der Waals surface area contributed by atoms with Gasteiger partial charge in [0.15, 0.2) is 0 Å². The van der Waals surface area contributed by atoms with Gasteiger partial charge in [-0.25, -0.2) is 4.98 Å². The molecule has 0 aliphatic carbocycles. The molecule has 0 saturated carbocycles. The van der Waals surface area contributed by atoms with E-state index in [2.05, 4.69) is 31.9 Å². The molecule has 0 bridgehead atoms. The van der Waals surface area contributed by atoms with Gasteiger partial charge in [0.1, 0.15) is 16.9 Å². The van der Waals surface area contributed by atoms with Crippen molar-refractivity contribution in [1.82, 2.24) is 9.36 Å². The number of halogens is 1. The fourth-order valence-corrected chi connectivity index (χ4v) is 2.74. The van der Waals surface area contributed by atoms with Crippen molar-refractivity contribution in [3.8, 4) is 10.6 Å². The van der Waals surface area contributed by atoms with Gasteiger partial charge in [0.2, 0.25) is 3.83 Å². The number of para-hydroxylation sites is 1. The Kier molecular flexibility index (Phi) is 2.21. The minimum atomic E-state index is 0.776. The number of rotatable bonds is 1. The summed E-state index contributed by atoms with van der Waals surface area (Å²) in [5, 5.41) is 1.99. The van der Waals surface area contributed by atoms with Crippen LogP contribution in [-0.2, 0) is 0 Å². The molecule has 0 aliphatic heterocycles. The fraction of sp³-hybridized carbons (Fsp3) is 0. The maximum atomic E-state index is 5.45. The minimum Gasteiger partial charge on any atom is -0.464 e. The van der Waals surface area contributed by atoms with E-state index in [1.165, 1.54) is 11.5 Å². The molecule has 3 rings (SSSR count). The van der Waals surface area contributed by atoms with Gasteiger partial charge in [0, 0.05) is 28.0 Å². The lowest BCUT2D eigenvalue weighted by molar-refractivity contribution is 0.617. The van der Waals surface area contributed by atoms with Gasteiger partial charge in [-0.1, -0.05) is 18.2 Å². The van der Waals surface area contributed by atoms with Crippen LogP contribution in [0.4, 0.5) is 0 Å². The van der Waals surface area contributed by atoms with Crippen LogP contribution < -0.4 is 0 Å². The van der Waals surface area contributed by atoms with Crippen LogP contribution in [0.3, 0.4) is 0 Å². The second-order valence-electron chi connectivity index (χ2n) is 3.01. The molecule has 74 valence electrons. The molecule has 2 aromatic heterocycles. The highest BCUT2D eigenvalue weighted by Crippen LogP contribution is 2.31. The minimum absolute atomic E-state index is 0.776. The first-order valence-corrected chi connectivity index (χ1v) is 6.15. The summed E-state index contributed by atoms with van der Waals surface area (Å²) in [5.74, 6) is 0. The molecule has 1 aromatic carbocycles. The Balaban J connectivity index is 2.27. The number of nitrogens with zero attached hydrogens (tertiary/aromatic N) is 2. The summed E-state index contributed by atoms with van der Waals surface area (Å²) in [6, 6.07) is 7.93. The molecule has 0 radical (unpaired) electrons. The van der Waals surface area contributed by atoms with Gasteiger partial charge in [-0.15, -0.1) is 0 Å². The van der Waals surface area contributed by atoms with Gasteiger partial charge in [-0.2, -0.15) is 4.37 Å². The molecule has 0 aliphatic rings. The summed E-state index contributed by atoms with van der Waals surface area (Å²) >= 11 is 3.50. The highest BCUT2D eigenvalue weighted by molar-refractivity contribution is 14.1. The second kappa shape index (κ2) is 3.57. The summed E-state index contributed by atoms with van der Waals surface area (Å²) in [4.78, 5) is 4.34. The van der Waals surface area contributed by atoms with E-state index in [9.17, 15) is 0 Å². The molecule has 15 heavy (non-hydrogen) atoms. The number of aromatic nitrogens is 2. The van der Waals surface area contributed by atoms with Crippen molar-refractivity contribution >= 4 is 45.1 Å². The van der Waals surface area contributed by atoms with E-state index in [0.717, 1.165) is 25.4 Å². The third-order valence-electron chi connectivity index (χ3n) is 2.11. The van der Waals surface area contributed by atoms with Crippen LogP contribution in [0.15, 0.2) is 34.9 Å². The lowest BCUT2D eigenvalue weighted by Gasteiger charge is -1.89. The number of fused-ring (bicyclic) bond motifs is 1. The maximum Gasteiger partial charge on any atom is 0.203 e. The second-order valence-corrected chi connectivity index (χ2v) is 4.73. The molecule has 0 unspecified atom stereocenters. The zero-order chi connectivity index (χ0) is 10.3. The Bertz CT molecular complexity index is 616. The van der Waals surface area contributed by atoms with Gasteiger partial charge in [-0.05, 0) is 17.6 Å².